The Morgan fingerprint density at radius 3 is 0.644 bits per heavy atom. The summed E-state index contributed by atoms with van der Waals surface area (Å²) in [6.07, 6.45) is 46.3. The van der Waals surface area contributed by atoms with Gasteiger partial charge in [-0.05, 0) is 25.7 Å². The Morgan fingerprint density at radius 2 is 0.466 bits per heavy atom. The summed E-state index contributed by atoms with van der Waals surface area (Å²) in [5, 5.41) is 0. The van der Waals surface area contributed by atoms with Crippen molar-refractivity contribution in [1.29, 1.82) is 0 Å². The van der Waals surface area contributed by atoms with Gasteiger partial charge < -0.3 is 21.4 Å². The van der Waals surface area contributed by atoms with Gasteiger partial charge in [-0.3, -0.25) is 0 Å². The third kappa shape index (κ3) is 53.4. The zero-order chi connectivity index (χ0) is 50.9. The molecule has 0 aromatic heterocycles. The molecule has 0 heterocycles. The van der Waals surface area contributed by atoms with Crippen molar-refractivity contribution >= 4 is 26.6 Å². The number of unbranched alkanes of at least 4 members (excludes halogenated alkanes) is 30. The summed E-state index contributed by atoms with van der Waals surface area (Å²) in [6.45, 7) is 9.50. The minimum Gasteiger partial charge on any atom is -1.00 e. The first-order valence-corrected chi connectivity index (χ1v) is 29.4. The summed E-state index contributed by atoms with van der Waals surface area (Å²) >= 11 is 0. The fourth-order valence-corrected chi connectivity index (χ4v) is 9.40. The predicted octanol–water partition coefficient (Wildman–Crippen LogP) is 12.7. The van der Waals surface area contributed by atoms with Gasteiger partial charge in [0.2, 0.25) is 0 Å². The molecule has 4 aromatic rings. The van der Waals surface area contributed by atoms with Gasteiger partial charge in [0.25, 0.3) is 0 Å². The molecule has 0 aliphatic carbocycles. The summed E-state index contributed by atoms with van der Waals surface area (Å²) in [6, 6.07) is 40.9. The van der Waals surface area contributed by atoms with E-state index in [9.17, 15) is 0 Å². The molecule has 0 unspecified atom stereocenters. The molecule has 0 spiro atoms. The van der Waals surface area contributed by atoms with E-state index in [4.69, 9.17) is 15.7 Å². The molecule has 0 saturated carbocycles. The average molecular weight is 1030 g/mol. The average Bonchev–Trinajstić information content (AvgIpc) is 3.35. The molecule has 6 heteroatoms. The first kappa shape index (κ1) is 75.5. The first-order chi connectivity index (χ1) is 34.1. The second kappa shape index (κ2) is 55.0. The van der Waals surface area contributed by atoms with E-state index in [-0.39, 0.29) is 49.4 Å². The van der Waals surface area contributed by atoms with Crippen molar-refractivity contribution in [3.05, 3.63) is 132 Å². The van der Waals surface area contributed by atoms with Gasteiger partial charge in [-0.1, -0.05) is 333 Å². The van der Waals surface area contributed by atoms with Crippen molar-refractivity contribution in [2.24, 2.45) is 0 Å². The van der Waals surface area contributed by atoms with Gasteiger partial charge in [0.1, 0.15) is 28.8 Å². The molecule has 0 aliphatic heterocycles. The van der Waals surface area contributed by atoms with Crippen LogP contribution in [0.25, 0.3) is 0 Å². The standard InChI is InChI=1S/2C27H50N.2C6H5B.CH4.ClH.Na/c2*1-4-5-6-7-8-9-10-11-12-13-14-15-16-17-18-22-25-28(2,3)26-27-23-20-19-21-24-27;2*7-6-4-2-1-3-5-6;;;/h2*19-21,23-24H,4-18,22,25-26H2,1-3H3;2*1-5H;1H4;1H;/q2*+1;;;;;+1/p-1. The molecule has 4 rings (SSSR count). The van der Waals surface area contributed by atoms with Crippen molar-refractivity contribution in [1.82, 2.24) is 0 Å². The number of benzene rings is 4. The Hall–Kier alpha value is -1.78. The van der Waals surface area contributed by atoms with Crippen LogP contribution >= 0.6 is 0 Å². The Morgan fingerprint density at radius 1 is 0.288 bits per heavy atom. The molecular weight excluding hydrogens is 913 g/mol. The first-order valence-electron chi connectivity index (χ1n) is 29.4. The minimum atomic E-state index is 0. The zero-order valence-corrected chi connectivity index (χ0v) is 51.2. The van der Waals surface area contributed by atoms with Crippen LogP contribution in [-0.4, -0.2) is 65.9 Å². The number of hydrogen-bond donors (Lipinski definition) is 0. The second-order valence-corrected chi connectivity index (χ2v) is 22.0. The van der Waals surface area contributed by atoms with Gasteiger partial charge in [0, 0.05) is 11.1 Å². The van der Waals surface area contributed by atoms with Crippen LogP contribution in [0.5, 0.6) is 0 Å². The molecule has 0 saturated heterocycles. The van der Waals surface area contributed by atoms with Crippen molar-refractivity contribution < 1.29 is 50.9 Å². The molecule has 404 valence electrons. The van der Waals surface area contributed by atoms with Gasteiger partial charge in [-0.2, -0.15) is 0 Å². The Labute approximate surface area is 487 Å². The molecular formula is C67H114B2ClN2Na+2. The van der Waals surface area contributed by atoms with Crippen LogP contribution in [0.15, 0.2) is 121 Å². The SMILES string of the molecule is C.CCCCCCCCCCCCCCCCCC[N+](C)(C)Cc1ccccc1.CCCCCCCCCCCCCCCCCC[N+](C)(C)Cc1ccccc1.[B]c1ccccc1.[B]c1ccccc1.[Cl-].[Na+]. The maximum Gasteiger partial charge on any atom is 1.00 e. The van der Waals surface area contributed by atoms with E-state index in [1.54, 1.807) is 0 Å². The smallest absolute Gasteiger partial charge is 1.00 e. The molecule has 0 amide bonds. The van der Waals surface area contributed by atoms with E-state index in [0.29, 0.717) is 0 Å². The van der Waals surface area contributed by atoms with Crippen LogP contribution < -0.4 is 52.9 Å². The summed E-state index contributed by atoms with van der Waals surface area (Å²) in [5.41, 5.74) is 4.57. The van der Waals surface area contributed by atoms with E-state index in [1.165, 1.54) is 230 Å². The van der Waals surface area contributed by atoms with E-state index < -0.39 is 0 Å². The summed E-state index contributed by atoms with van der Waals surface area (Å²) in [7, 11) is 20.2. The number of hydrogen-bond acceptors (Lipinski definition) is 0. The van der Waals surface area contributed by atoms with E-state index in [0.717, 1.165) is 33.0 Å². The van der Waals surface area contributed by atoms with Crippen LogP contribution in [0.2, 0.25) is 0 Å². The molecule has 0 bridgehead atoms. The molecule has 73 heavy (non-hydrogen) atoms. The Bertz CT molecular complexity index is 1500. The monoisotopic (exact) mass is 1030 g/mol. The molecule has 0 aliphatic rings. The Balaban J connectivity index is -0.00000102. The maximum atomic E-state index is 5.36. The number of rotatable bonds is 38. The molecule has 0 N–H and O–H groups in total. The number of nitrogens with zero attached hydrogens (tertiary/aromatic N) is 2. The van der Waals surface area contributed by atoms with Gasteiger partial charge in [-0.15, -0.1) is 0 Å². The van der Waals surface area contributed by atoms with E-state index in [1.807, 2.05) is 60.7 Å². The third-order valence-electron chi connectivity index (χ3n) is 13.7. The van der Waals surface area contributed by atoms with Crippen molar-refractivity contribution in [3.63, 3.8) is 0 Å². The molecule has 0 atom stereocenters. The largest absolute Gasteiger partial charge is 1.00 e. The Kier molecular flexibility index (Phi) is 56.8. The minimum absolute atomic E-state index is 0. The third-order valence-corrected chi connectivity index (χ3v) is 13.7. The summed E-state index contributed by atoms with van der Waals surface area (Å²) in [5.74, 6) is 0. The molecule has 0 fully saturated rings. The number of quaternary nitrogens is 2. The van der Waals surface area contributed by atoms with Crippen LogP contribution in [0.3, 0.4) is 0 Å². The number of halogens is 1. The van der Waals surface area contributed by atoms with Crippen LogP contribution in [0, 0.1) is 0 Å². The van der Waals surface area contributed by atoms with Crippen LogP contribution in [0.1, 0.15) is 238 Å². The maximum absolute atomic E-state index is 5.36. The fourth-order valence-electron chi connectivity index (χ4n) is 9.40. The van der Waals surface area contributed by atoms with Crippen molar-refractivity contribution in [3.8, 4) is 0 Å². The van der Waals surface area contributed by atoms with E-state index in [2.05, 4.69) is 103 Å². The van der Waals surface area contributed by atoms with Crippen molar-refractivity contribution in [2.45, 2.75) is 240 Å². The van der Waals surface area contributed by atoms with Crippen LogP contribution in [-0.2, 0) is 13.1 Å². The molecule has 4 radical (unpaired) electrons. The fraction of sp³-hybridized carbons (Fsp3) is 0.642. The van der Waals surface area contributed by atoms with E-state index >= 15 is 0 Å². The predicted molar refractivity (Wildman–Crippen MR) is 324 cm³/mol. The van der Waals surface area contributed by atoms with Gasteiger partial charge in [0.05, 0.1) is 41.3 Å². The zero-order valence-electron chi connectivity index (χ0n) is 48.4. The quantitative estimate of drug-likeness (QED) is 0.0238. The summed E-state index contributed by atoms with van der Waals surface area (Å²) < 4.78 is 2.23. The van der Waals surface area contributed by atoms with Gasteiger partial charge >= 0.3 is 29.6 Å². The summed E-state index contributed by atoms with van der Waals surface area (Å²) in [4.78, 5) is 0. The molecule has 2 nitrogen and oxygen atoms in total. The normalized spacial score (nSPS) is 10.7. The van der Waals surface area contributed by atoms with Crippen molar-refractivity contribution in [2.75, 3.05) is 41.3 Å². The topological polar surface area (TPSA) is 0 Å². The molecule has 4 aromatic carbocycles. The van der Waals surface area contributed by atoms with Gasteiger partial charge in [0.15, 0.2) is 0 Å². The second-order valence-electron chi connectivity index (χ2n) is 22.0. The van der Waals surface area contributed by atoms with Crippen LogP contribution in [0.4, 0.5) is 0 Å². The van der Waals surface area contributed by atoms with Gasteiger partial charge in [-0.25, -0.2) is 0 Å².